The van der Waals surface area contributed by atoms with Gasteiger partial charge in [0.15, 0.2) is 5.11 Å². The van der Waals surface area contributed by atoms with Crippen molar-refractivity contribution in [3.63, 3.8) is 0 Å². The number of amides is 1. The summed E-state index contributed by atoms with van der Waals surface area (Å²) in [5, 5.41) is 6.19. The molecule has 1 atom stereocenters. The van der Waals surface area contributed by atoms with Crippen molar-refractivity contribution in [3.8, 4) is 0 Å². The van der Waals surface area contributed by atoms with E-state index >= 15 is 0 Å². The Balaban J connectivity index is 2.07. The van der Waals surface area contributed by atoms with E-state index in [4.69, 9.17) is 12.2 Å². The molecule has 0 aliphatic heterocycles. The van der Waals surface area contributed by atoms with Gasteiger partial charge in [-0.25, -0.2) is 0 Å². The van der Waals surface area contributed by atoms with Gasteiger partial charge in [-0.05, 0) is 55.2 Å². The summed E-state index contributed by atoms with van der Waals surface area (Å²) >= 11 is 5.28. The largest absolute Gasteiger partial charge is 0.332 e. The summed E-state index contributed by atoms with van der Waals surface area (Å²) in [4.78, 5) is 12.2. The van der Waals surface area contributed by atoms with Crippen LogP contribution in [0.25, 0.3) is 0 Å². The molecule has 0 unspecified atom stereocenters. The highest BCUT2D eigenvalue weighted by Crippen LogP contribution is 2.26. The van der Waals surface area contributed by atoms with Crippen LogP contribution in [-0.4, -0.2) is 11.0 Å². The molecule has 2 rings (SSSR count). The van der Waals surface area contributed by atoms with E-state index < -0.39 is 0 Å². The van der Waals surface area contributed by atoms with Crippen molar-refractivity contribution in [2.45, 2.75) is 33.1 Å². The van der Waals surface area contributed by atoms with Crippen LogP contribution in [0.1, 0.15) is 47.7 Å². The van der Waals surface area contributed by atoms with Crippen LogP contribution >= 0.6 is 12.2 Å². The van der Waals surface area contributed by atoms with Crippen LogP contribution in [0.2, 0.25) is 0 Å². The van der Waals surface area contributed by atoms with Crippen LogP contribution in [0.15, 0.2) is 48.5 Å². The molecule has 0 aliphatic carbocycles. The summed E-state index contributed by atoms with van der Waals surface area (Å²) in [7, 11) is 0. The maximum Gasteiger partial charge on any atom is 0.257 e. The van der Waals surface area contributed by atoms with E-state index in [-0.39, 0.29) is 5.91 Å². The number of aryl methyl sites for hydroxylation is 1. The van der Waals surface area contributed by atoms with Gasteiger partial charge in [-0.2, -0.15) is 0 Å². The van der Waals surface area contributed by atoms with Gasteiger partial charge >= 0.3 is 0 Å². The van der Waals surface area contributed by atoms with E-state index in [0.29, 0.717) is 16.6 Å². The topological polar surface area (TPSA) is 41.1 Å². The lowest BCUT2D eigenvalue weighted by molar-refractivity contribution is 0.0977. The van der Waals surface area contributed by atoms with Crippen molar-refractivity contribution in [1.82, 2.24) is 5.32 Å². The number of rotatable bonds is 4. The van der Waals surface area contributed by atoms with Crippen LogP contribution in [0.3, 0.4) is 0 Å². The normalized spacial score (nSPS) is 11.6. The van der Waals surface area contributed by atoms with Gasteiger partial charge in [-0.15, -0.1) is 0 Å². The minimum atomic E-state index is -0.202. The van der Waals surface area contributed by atoms with Crippen molar-refractivity contribution in [3.05, 3.63) is 65.2 Å². The van der Waals surface area contributed by atoms with E-state index in [9.17, 15) is 4.79 Å². The summed E-state index contributed by atoms with van der Waals surface area (Å²) in [5.74, 6) is 0.223. The van der Waals surface area contributed by atoms with Gasteiger partial charge in [-0.3, -0.25) is 10.1 Å². The first-order valence-corrected chi connectivity index (χ1v) is 8.20. The van der Waals surface area contributed by atoms with Gasteiger partial charge in [-0.1, -0.05) is 49.7 Å². The van der Waals surface area contributed by atoms with Crippen LogP contribution in [0.5, 0.6) is 0 Å². The zero-order valence-electron chi connectivity index (χ0n) is 13.7. The van der Waals surface area contributed by atoms with E-state index in [1.165, 1.54) is 5.56 Å². The summed E-state index contributed by atoms with van der Waals surface area (Å²) < 4.78 is 0. The highest BCUT2D eigenvalue weighted by atomic mass is 32.1. The molecule has 3 nitrogen and oxygen atoms in total. The van der Waals surface area contributed by atoms with Gasteiger partial charge < -0.3 is 5.32 Å². The van der Waals surface area contributed by atoms with Gasteiger partial charge in [0.05, 0.1) is 0 Å². The fourth-order valence-electron chi connectivity index (χ4n) is 2.38. The summed E-state index contributed by atoms with van der Waals surface area (Å²) in [6, 6.07) is 15.5. The van der Waals surface area contributed by atoms with Gasteiger partial charge in [0.2, 0.25) is 0 Å². The molecule has 2 aromatic carbocycles. The Morgan fingerprint density at radius 2 is 1.91 bits per heavy atom. The Morgan fingerprint density at radius 1 is 1.17 bits per heavy atom. The van der Waals surface area contributed by atoms with Crippen LogP contribution in [0.4, 0.5) is 5.69 Å². The molecule has 120 valence electrons. The SMILES string of the molecule is CC[C@H](C)c1ccccc1NC(=S)NC(=O)c1cccc(C)c1. The molecule has 0 spiro atoms. The Kier molecular flexibility index (Phi) is 5.88. The molecule has 0 heterocycles. The molecule has 0 saturated carbocycles. The van der Waals surface area contributed by atoms with E-state index in [1.54, 1.807) is 6.07 Å². The zero-order valence-corrected chi connectivity index (χ0v) is 14.5. The van der Waals surface area contributed by atoms with E-state index in [1.807, 2.05) is 43.3 Å². The molecule has 0 bridgehead atoms. The Hall–Kier alpha value is -2.20. The number of carbonyl (C=O) groups excluding carboxylic acids is 1. The second-order valence-corrected chi connectivity index (χ2v) is 6.08. The van der Waals surface area contributed by atoms with Gasteiger partial charge in [0, 0.05) is 11.3 Å². The third kappa shape index (κ3) is 4.63. The number of nitrogens with one attached hydrogen (secondary N) is 2. The molecule has 0 aliphatic rings. The lowest BCUT2D eigenvalue weighted by Crippen LogP contribution is -2.34. The molecular weight excluding hydrogens is 304 g/mol. The number of hydrogen-bond donors (Lipinski definition) is 2. The molecule has 0 saturated heterocycles. The number of para-hydroxylation sites is 1. The van der Waals surface area contributed by atoms with Crippen molar-refractivity contribution in [2.75, 3.05) is 5.32 Å². The first-order valence-electron chi connectivity index (χ1n) is 7.79. The Labute approximate surface area is 143 Å². The van der Waals surface area contributed by atoms with Crippen LogP contribution in [0, 0.1) is 6.92 Å². The van der Waals surface area contributed by atoms with Gasteiger partial charge in [0.25, 0.3) is 5.91 Å². The smallest absolute Gasteiger partial charge is 0.257 e. The maximum atomic E-state index is 12.2. The van der Waals surface area contributed by atoms with E-state index in [0.717, 1.165) is 17.7 Å². The van der Waals surface area contributed by atoms with Crippen LogP contribution < -0.4 is 10.6 Å². The molecule has 0 fully saturated rings. The zero-order chi connectivity index (χ0) is 16.8. The highest BCUT2D eigenvalue weighted by molar-refractivity contribution is 7.80. The number of thiocarbonyl (C=S) groups is 1. The summed E-state index contributed by atoms with van der Waals surface area (Å²) in [6.45, 7) is 6.28. The standard InChI is InChI=1S/C19H22N2OS/c1-4-14(3)16-10-5-6-11-17(16)20-19(23)21-18(22)15-9-7-8-13(2)12-15/h5-12,14H,4H2,1-3H3,(H2,20,21,22,23)/t14-/m0/s1. The van der Waals surface area contributed by atoms with Crippen molar-refractivity contribution >= 4 is 28.9 Å². The van der Waals surface area contributed by atoms with Crippen molar-refractivity contribution < 1.29 is 4.79 Å². The molecule has 2 N–H and O–H groups in total. The minimum Gasteiger partial charge on any atom is -0.332 e. The molecule has 0 aromatic heterocycles. The van der Waals surface area contributed by atoms with Crippen molar-refractivity contribution in [2.24, 2.45) is 0 Å². The number of hydrogen-bond acceptors (Lipinski definition) is 2. The molecule has 23 heavy (non-hydrogen) atoms. The molecular formula is C19H22N2OS. The Bertz CT molecular complexity index is 712. The summed E-state index contributed by atoms with van der Waals surface area (Å²) in [6.07, 6.45) is 1.04. The highest BCUT2D eigenvalue weighted by Gasteiger charge is 2.12. The van der Waals surface area contributed by atoms with Crippen molar-refractivity contribution in [1.29, 1.82) is 0 Å². The monoisotopic (exact) mass is 326 g/mol. The second kappa shape index (κ2) is 7.88. The number of anilines is 1. The summed E-state index contributed by atoms with van der Waals surface area (Å²) in [5.41, 5.74) is 3.78. The fraction of sp³-hybridized carbons (Fsp3) is 0.263. The molecule has 4 heteroatoms. The lowest BCUT2D eigenvalue weighted by atomic mass is 9.97. The molecule has 2 aromatic rings. The average molecular weight is 326 g/mol. The quantitative estimate of drug-likeness (QED) is 0.805. The number of carbonyl (C=O) groups is 1. The van der Waals surface area contributed by atoms with E-state index in [2.05, 4.69) is 30.5 Å². The first kappa shape index (κ1) is 17.2. The molecule has 1 amide bonds. The molecule has 0 radical (unpaired) electrons. The van der Waals surface area contributed by atoms with Gasteiger partial charge in [0.1, 0.15) is 0 Å². The Morgan fingerprint density at radius 3 is 2.61 bits per heavy atom. The predicted octanol–water partition coefficient (Wildman–Crippen LogP) is 4.64. The lowest BCUT2D eigenvalue weighted by Gasteiger charge is -2.17. The predicted molar refractivity (Wildman–Crippen MR) is 100 cm³/mol. The third-order valence-electron chi connectivity index (χ3n) is 3.86. The minimum absolute atomic E-state index is 0.202. The second-order valence-electron chi connectivity index (χ2n) is 5.67. The fourth-order valence-corrected chi connectivity index (χ4v) is 2.58. The van der Waals surface area contributed by atoms with Crippen LogP contribution in [-0.2, 0) is 0 Å². The number of benzene rings is 2. The first-order chi connectivity index (χ1) is 11.0. The average Bonchev–Trinajstić information content (AvgIpc) is 2.54. The third-order valence-corrected chi connectivity index (χ3v) is 4.06. The maximum absolute atomic E-state index is 12.2.